The number of alkyl carbamates (subject to hydrolysis) is 1. The second-order valence-corrected chi connectivity index (χ2v) is 5.79. The summed E-state index contributed by atoms with van der Waals surface area (Å²) in [6.45, 7) is 2.84. The van der Waals surface area contributed by atoms with Crippen molar-refractivity contribution in [1.29, 1.82) is 0 Å². The van der Waals surface area contributed by atoms with E-state index in [2.05, 4.69) is 5.32 Å². The van der Waals surface area contributed by atoms with E-state index in [9.17, 15) is 15.0 Å². The SMILES string of the molecule is CCOc1ccc(C(O)C(O)CCNC(=O)OCc2ccccc2)cc1. The molecule has 0 saturated carbocycles. The predicted octanol–water partition coefficient (Wildman–Crippen LogP) is 2.80. The summed E-state index contributed by atoms with van der Waals surface area (Å²) >= 11 is 0. The molecule has 0 aliphatic rings. The topological polar surface area (TPSA) is 88.0 Å². The fraction of sp³-hybridized carbons (Fsp3) is 0.350. The van der Waals surface area contributed by atoms with E-state index in [1.165, 1.54) is 0 Å². The van der Waals surface area contributed by atoms with Crippen LogP contribution in [0.1, 0.15) is 30.6 Å². The lowest BCUT2D eigenvalue weighted by Gasteiger charge is -2.18. The molecular formula is C20H25NO5. The van der Waals surface area contributed by atoms with Crippen LogP contribution in [0.5, 0.6) is 5.75 Å². The summed E-state index contributed by atoms with van der Waals surface area (Å²) < 4.78 is 10.4. The first-order chi connectivity index (χ1) is 12.6. The highest BCUT2D eigenvalue weighted by Gasteiger charge is 2.18. The summed E-state index contributed by atoms with van der Waals surface area (Å²) in [5, 5.41) is 22.8. The van der Waals surface area contributed by atoms with Gasteiger partial charge in [0.05, 0.1) is 12.7 Å². The van der Waals surface area contributed by atoms with Gasteiger partial charge in [-0.25, -0.2) is 4.79 Å². The van der Waals surface area contributed by atoms with Crippen molar-refractivity contribution < 1.29 is 24.5 Å². The molecular weight excluding hydrogens is 334 g/mol. The Morgan fingerprint density at radius 2 is 1.77 bits per heavy atom. The van der Waals surface area contributed by atoms with E-state index in [0.717, 1.165) is 5.56 Å². The highest BCUT2D eigenvalue weighted by Crippen LogP contribution is 2.21. The van der Waals surface area contributed by atoms with Crippen LogP contribution < -0.4 is 10.1 Å². The zero-order valence-electron chi connectivity index (χ0n) is 14.8. The molecule has 6 nitrogen and oxygen atoms in total. The minimum Gasteiger partial charge on any atom is -0.494 e. The van der Waals surface area contributed by atoms with Crippen molar-refractivity contribution in [2.45, 2.75) is 32.2 Å². The van der Waals surface area contributed by atoms with Crippen LogP contribution in [0, 0.1) is 0 Å². The second kappa shape index (κ2) is 10.4. The van der Waals surface area contributed by atoms with Crippen LogP contribution in [0.3, 0.4) is 0 Å². The van der Waals surface area contributed by atoms with Gasteiger partial charge in [0.15, 0.2) is 0 Å². The molecule has 1 amide bonds. The molecule has 26 heavy (non-hydrogen) atoms. The maximum absolute atomic E-state index is 11.6. The van der Waals surface area contributed by atoms with Gasteiger partial charge in [0.25, 0.3) is 0 Å². The Hall–Kier alpha value is -2.57. The quantitative estimate of drug-likeness (QED) is 0.641. The number of carbonyl (C=O) groups excluding carboxylic acids is 1. The van der Waals surface area contributed by atoms with E-state index in [-0.39, 0.29) is 19.6 Å². The first-order valence-electron chi connectivity index (χ1n) is 8.63. The Morgan fingerprint density at radius 3 is 2.42 bits per heavy atom. The molecule has 2 rings (SSSR count). The first-order valence-corrected chi connectivity index (χ1v) is 8.63. The normalized spacial score (nSPS) is 12.9. The van der Waals surface area contributed by atoms with Crippen LogP contribution in [0.2, 0.25) is 0 Å². The van der Waals surface area contributed by atoms with Gasteiger partial charge >= 0.3 is 6.09 Å². The van der Waals surface area contributed by atoms with Gasteiger partial charge < -0.3 is 25.0 Å². The summed E-state index contributed by atoms with van der Waals surface area (Å²) in [7, 11) is 0. The Morgan fingerprint density at radius 1 is 1.08 bits per heavy atom. The van der Waals surface area contributed by atoms with Crippen LogP contribution in [0.15, 0.2) is 54.6 Å². The van der Waals surface area contributed by atoms with Crippen LogP contribution in [-0.4, -0.2) is 35.6 Å². The molecule has 0 heterocycles. The molecule has 0 aliphatic heterocycles. The van der Waals surface area contributed by atoms with Gasteiger partial charge in [0, 0.05) is 6.54 Å². The molecule has 0 bridgehead atoms. The third-order valence-corrected chi connectivity index (χ3v) is 3.82. The van der Waals surface area contributed by atoms with Crippen molar-refractivity contribution in [3.8, 4) is 5.75 Å². The standard InChI is InChI=1S/C20H25NO5/c1-2-25-17-10-8-16(9-11-17)19(23)18(22)12-13-21-20(24)26-14-15-6-4-3-5-7-15/h3-11,18-19,22-23H,2,12-14H2,1H3,(H,21,24). The lowest BCUT2D eigenvalue weighted by Crippen LogP contribution is -2.29. The van der Waals surface area contributed by atoms with E-state index in [4.69, 9.17) is 9.47 Å². The average Bonchev–Trinajstić information content (AvgIpc) is 2.67. The van der Waals surface area contributed by atoms with E-state index in [0.29, 0.717) is 17.9 Å². The smallest absolute Gasteiger partial charge is 0.407 e. The number of hydrogen-bond acceptors (Lipinski definition) is 5. The van der Waals surface area contributed by atoms with E-state index in [1.54, 1.807) is 24.3 Å². The fourth-order valence-corrected chi connectivity index (χ4v) is 2.40. The Bertz CT molecular complexity index is 660. The number of benzene rings is 2. The fourth-order valence-electron chi connectivity index (χ4n) is 2.40. The minimum atomic E-state index is -1.03. The molecule has 0 aromatic heterocycles. The van der Waals surface area contributed by atoms with Gasteiger partial charge in [-0.2, -0.15) is 0 Å². The molecule has 3 N–H and O–H groups in total. The molecule has 0 saturated heterocycles. The van der Waals surface area contributed by atoms with Crippen LogP contribution in [0.25, 0.3) is 0 Å². The molecule has 0 aliphatic carbocycles. The number of amides is 1. The zero-order chi connectivity index (χ0) is 18.8. The van der Waals surface area contributed by atoms with E-state index in [1.807, 2.05) is 37.3 Å². The second-order valence-electron chi connectivity index (χ2n) is 5.79. The Kier molecular flexibility index (Phi) is 7.92. The Balaban J connectivity index is 1.70. The van der Waals surface area contributed by atoms with Crippen LogP contribution in [0.4, 0.5) is 4.79 Å². The molecule has 2 atom stereocenters. The minimum absolute atomic E-state index is 0.185. The van der Waals surface area contributed by atoms with Gasteiger partial charge in [-0.15, -0.1) is 0 Å². The van der Waals surface area contributed by atoms with E-state index < -0.39 is 18.3 Å². The van der Waals surface area contributed by atoms with Crippen molar-refractivity contribution in [1.82, 2.24) is 5.32 Å². The predicted molar refractivity (Wildman–Crippen MR) is 97.8 cm³/mol. The number of aliphatic hydroxyl groups is 2. The average molecular weight is 359 g/mol. The highest BCUT2D eigenvalue weighted by molar-refractivity contribution is 5.67. The van der Waals surface area contributed by atoms with Gasteiger partial charge in [-0.1, -0.05) is 42.5 Å². The summed E-state index contributed by atoms with van der Waals surface area (Å²) in [5.74, 6) is 0.709. The number of hydrogen-bond donors (Lipinski definition) is 3. The summed E-state index contributed by atoms with van der Waals surface area (Å²) in [6.07, 6.45) is -2.39. The first kappa shape index (κ1) is 19.8. The molecule has 0 radical (unpaired) electrons. The lowest BCUT2D eigenvalue weighted by atomic mass is 10.0. The van der Waals surface area contributed by atoms with Crippen molar-refractivity contribution in [3.63, 3.8) is 0 Å². The maximum Gasteiger partial charge on any atom is 0.407 e. The lowest BCUT2D eigenvalue weighted by molar-refractivity contribution is 0.0136. The van der Waals surface area contributed by atoms with Crippen molar-refractivity contribution >= 4 is 6.09 Å². The number of nitrogens with one attached hydrogen (secondary N) is 1. The van der Waals surface area contributed by atoms with E-state index >= 15 is 0 Å². The molecule has 0 fully saturated rings. The number of ether oxygens (including phenoxy) is 2. The summed E-state index contributed by atoms with van der Waals surface area (Å²) in [5.41, 5.74) is 1.49. The number of carbonyl (C=O) groups is 1. The van der Waals surface area contributed by atoms with Crippen LogP contribution in [-0.2, 0) is 11.3 Å². The molecule has 2 unspecified atom stereocenters. The Labute approximate surface area is 153 Å². The van der Waals surface area contributed by atoms with Gasteiger partial charge in [0.2, 0.25) is 0 Å². The van der Waals surface area contributed by atoms with Crippen molar-refractivity contribution in [3.05, 3.63) is 65.7 Å². The highest BCUT2D eigenvalue weighted by atomic mass is 16.5. The van der Waals surface area contributed by atoms with Crippen molar-refractivity contribution in [2.75, 3.05) is 13.2 Å². The largest absolute Gasteiger partial charge is 0.494 e. The maximum atomic E-state index is 11.6. The van der Waals surface area contributed by atoms with Gasteiger partial charge in [0.1, 0.15) is 18.5 Å². The third-order valence-electron chi connectivity index (χ3n) is 3.82. The molecule has 6 heteroatoms. The molecule has 0 spiro atoms. The number of aliphatic hydroxyl groups excluding tert-OH is 2. The van der Waals surface area contributed by atoms with Gasteiger partial charge in [-0.05, 0) is 36.6 Å². The van der Waals surface area contributed by atoms with Crippen LogP contribution >= 0.6 is 0 Å². The molecule has 2 aromatic carbocycles. The third kappa shape index (κ3) is 6.38. The monoisotopic (exact) mass is 359 g/mol. The molecule has 140 valence electrons. The van der Waals surface area contributed by atoms with Crippen molar-refractivity contribution in [2.24, 2.45) is 0 Å². The summed E-state index contributed by atoms with van der Waals surface area (Å²) in [6, 6.07) is 16.3. The number of rotatable bonds is 9. The summed E-state index contributed by atoms with van der Waals surface area (Å²) in [4.78, 5) is 11.6. The zero-order valence-corrected chi connectivity index (χ0v) is 14.8. The molecule has 2 aromatic rings. The van der Waals surface area contributed by atoms with Gasteiger partial charge in [-0.3, -0.25) is 0 Å².